The molecule has 0 spiro atoms. The van der Waals surface area contributed by atoms with Crippen molar-refractivity contribution in [2.75, 3.05) is 13.1 Å². The van der Waals surface area contributed by atoms with Crippen LogP contribution in [0.4, 0.5) is 4.79 Å². The number of ether oxygens (including phenoxy) is 1. The Bertz CT molecular complexity index is 478. The molecule has 0 saturated carbocycles. The van der Waals surface area contributed by atoms with Crippen LogP contribution in [0.25, 0.3) is 0 Å². The third-order valence-electron chi connectivity index (χ3n) is 2.18. The van der Waals surface area contributed by atoms with Crippen LogP contribution in [0.1, 0.15) is 25.6 Å². The van der Waals surface area contributed by atoms with Gasteiger partial charge in [0.05, 0.1) is 11.4 Å². The predicted molar refractivity (Wildman–Crippen MR) is 78.4 cm³/mol. The molecule has 1 rings (SSSR count). The lowest BCUT2D eigenvalue weighted by Crippen LogP contribution is -2.40. The zero-order valence-corrected chi connectivity index (χ0v) is 12.7. The topological polar surface area (TPSA) is 75.0 Å². The third-order valence-corrected chi connectivity index (χ3v) is 2.98. The van der Waals surface area contributed by atoms with E-state index in [0.717, 1.165) is 0 Å². The molecule has 0 bridgehead atoms. The predicted octanol–water partition coefficient (Wildman–Crippen LogP) is 2.74. The summed E-state index contributed by atoms with van der Waals surface area (Å²) in [6.45, 7) is 9.42. The van der Waals surface area contributed by atoms with Crippen LogP contribution in [0.3, 0.4) is 0 Å². The summed E-state index contributed by atoms with van der Waals surface area (Å²) in [4.78, 5) is 14.2. The van der Waals surface area contributed by atoms with Crippen LogP contribution in [0.2, 0.25) is 0 Å². The molecule has 1 aromatic rings. The number of carbonyl (C=O) groups is 1. The van der Waals surface area contributed by atoms with Crippen molar-refractivity contribution in [3.05, 3.63) is 29.8 Å². The fourth-order valence-corrected chi connectivity index (χ4v) is 1.96. The molecule has 1 aromatic heterocycles. The SMILES string of the molecule is C=CCN(CC(=NO)c1ccns1)C(=O)OC(C)(C)C. The van der Waals surface area contributed by atoms with E-state index in [0.29, 0.717) is 17.1 Å². The van der Waals surface area contributed by atoms with Gasteiger partial charge in [-0.1, -0.05) is 11.2 Å². The molecule has 0 unspecified atom stereocenters. The Hall–Kier alpha value is -1.89. The van der Waals surface area contributed by atoms with E-state index in [9.17, 15) is 4.79 Å². The molecule has 0 atom stereocenters. The number of rotatable bonds is 5. The van der Waals surface area contributed by atoms with Crippen molar-refractivity contribution in [1.29, 1.82) is 0 Å². The zero-order valence-electron chi connectivity index (χ0n) is 11.9. The molecule has 110 valence electrons. The van der Waals surface area contributed by atoms with E-state index in [1.807, 2.05) is 0 Å². The van der Waals surface area contributed by atoms with E-state index in [2.05, 4.69) is 16.1 Å². The Balaban J connectivity index is 2.81. The van der Waals surface area contributed by atoms with Crippen molar-refractivity contribution in [2.24, 2.45) is 5.16 Å². The Morgan fingerprint density at radius 3 is 2.80 bits per heavy atom. The first-order valence-electron chi connectivity index (χ1n) is 6.08. The highest BCUT2D eigenvalue weighted by Gasteiger charge is 2.23. The zero-order chi connectivity index (χ0) is 15.2. The van der Waals surface area contributed by atoms with E-state index in [1.165, 1.54) is 16.4 Å². The van der Waals surface area contributed by atoms with E-state index in [-0.39, 0.29) is 6.54 Å². The molecule has 20 heavy (non-hydrogen) atoms. The van der Waals surface area contributed by atoms with Gasteiger partial charge in [0.25, 0.3) is 0 Å². The highest BCUT2D eigenvalue weighted by Crippen LogP contribution is 2.12. The maximum Gasteiger partial charge on any atom is 0.410 e. The summed E-state index contributed by atoms with van der Waals surface area (Å²) in [6.07, 6.45) is 2.71. The number of carbonyl (C=O) groups excluding carboxylic acids is 1. The van der Waals surface area contributed by atoms with Crippen molar-refractivity contribution in [3.63, 3.8) is 0 Å². The molecular formula is C13H19N3O3S. The molecule has 0 saturated heterocycles. The van der Waals surface area contributed by atoms with Crippen LogP contribution in [-0.4, -0.2) is 45.0 Å². The molecular weight excluding hydrogens is 278 g/mol. The number of oxime groups is 1. The minimum Gasteiger partial charge on any atom is -0.444 e. The minimum atomic E-state index is -0.586. The second-order valence-electron chi connectivity index (χ2n) is 5.07. The van der Waals surface area contributed by atoms with Crippen molar-refractivity contribution in [3.8, 4) is 0 Å². The Morgan fingerprint density at radius 1 is 1.65 bits per heavy atom. The summed E-state index contributed by atoms with van der Waals surface area (Å²) in [7, 11) is 0. The second-order valence-corrected chi connectivity index (χ2v) is 5.91. The van der Waals surface area contributed by atoms with Gasteiger partial charge in [0.1, 0.15) is 11.3 Å². The lowest BCUT2D eigenvalue weighted by Gasteiger charge is -2.26. The molecule has 0 aliphatic carbocycles. The third kappa shape index (κ3) is 5.00. The van der Waals surface area contributed by atoms with Gasteiger partial charge in [0, 0.05) is 12.7 Å². The van der Waals surface area contributed by atoms with Gasteiger partial charge >= 0.3 is 6.09 Å². The number of nitrogens with zero attached hydrogens (tertiary/aromatic N) is 3. The molecule has 1 heterocycles. The van der Waals surface area contributed by atoms with Crippen LogP contribution < -0.4 is 0 Å². The molecule has 0 fully saturated rings. The number of hydrogen-bond acceptors (Lipinski definition) is 6. The summed E-state index contributed by atoms with van der Waals surface area (Å²) < 4.78 is 9.25. The van der Waals surface area contributed by atoms with Crippen molar-refractivity contribution in [1.82, 2.24) is 9.27 Å². The van der Waals surface area contributed by atoms with Crippen molar-refractivity contribution < 1.29 is 14.7 Å². The Kier molecular flexibility index (Phi) is 5.69. The van der Waals surface area contributed by atoms with Crippen LogP contribution in [0, 0.1) is 0 Å². The lowest BCUT2D eigenvalue weighted by atomic mass is 10.2. The Labute approximate surface area is 122 Å². The van der Waals surface area contributed by atoms with E-state index in [4.69, 9.17) is 9.94 Å². The standard InChI is InChI=1S/C13H19N3O3S/c1-5-8-16(12(17)19-13(2,3)4)9-10(15-18)11-6-7-14-20-11/h5-7,18H,1,8-9H2,2-4H3. The van der Waals surface area contributed by atoms with Crippen molar-refractivity contribution in [2.45, 2.75) is 26.4 Å². The summed E-state index contributed by atoms with van der Waals surface area (Å²) in [5.74, 6) is 0. The van der Waals surface area contributed by atoms with E-state index in [1.54, 1.807) is 39.1 Å². The van der Waals surface area contributed by atoms with E-state index < -0.39 is 11.7 Å². The molecule has 0 aromatic carbocycles. The smallest absolute Gasteiger partial charge is 0.410 e. The van der Waals surface area contributed by atoms with Crippen LogP contribution >= 0.6 is 11.5 Å². The summed E-state index contributed by atoms with van der Waals surface area (Å²) in [5.41, 5.74) is -0.224. The van der Waals surface area contributed by atoms with Gasteiger partial charge in [0.2, 0.25) is 0 Å². The molecule has 6 nitrogen and oxygen atoms in total. The quantitative estimate of drug-likeness (QED) is 0.392. The van der Waals surface area contributed by atoms with E-state index >= 15 is 0 Å². The number of aromatic nitrogens is 1. The van der Waals surface area contributed by atoms with Crippen molar-refractivity contribution >= 4 is 23.3 Å². The summed E-state index contributed by atoms with van der Waals surface area (Å²) >= 11 is 1.20. The second kappa shape index (κ2) is 7.04. The maximum atomic E-state index is 12.1. The average molecular weight is 297 g/mol. The molecule has 0 radical (unpaired) electrons. The lowest BCUT2D eigenvalue weighted by molar-refractivity contribution is 0.0298. The Morgan fingerprint density at radius 2 is 2.35 bits per heavy atom. The van der Waals surface area contributed by atoms with Crippen LogP contribution in [0.15, 0.2) is 30.1 Å². The highest BCUT2D eigenvalue weighted by atomic mass is 32.1. The number of hydrogen-bond donors (Lipinski definition) is 1. The average Bonchev–Trinajstić information content (AvgIpc) is 2.85. The van der Waals surface area contributed by atoms with Crippen LogP contribution in [-0.2, 0) is 4.74 Å². The highest BCUT2D eigenvalue weighted by molar-refractivity contribution is 7.08. The molecule has 1 N–H and O–H groups in total. The molecule has 0 aliphatic heterocycles. The molecule has 0 aliphatic rings. The molecule has 1 amide bonds. The first-order valence-corrected chi connectivity index (χ1v) is 6.85. The van der Waals surface area contributed by atoms with Gasteiger partial charge in [-0.05, 0) is 38.4 Å². The first kappa shape index (κ1) is 16.2. The normalized spacial score (nSPS) is 12.1. The van der Waals surface area contributed by atoms with Gasteiger partial charge in [0.15, 0.2) is 0 Å². The minimum absolute atomic E-state index is 0.125. The van der Waals surface area contributed by atoms with Gasteiger partial charge < -0.3 is 9.94 Å². The fraction of sp³-hybridized carbons (Fsp3) is 0.462. The van der Waals surface area contributed by atoms with Gasteiger partial charge in [-0.2, -0.15) is 0 Å². The number of amides is 1. The molecule has 7 heteroatoms. The van der Waals surface area contributed by atoms with Gasteiger partial charge in [-0.3, -0.25) is 4.90 Å². The monoisotopic (exact) mass is 297 g/mol. The first-order chi connectivity index (χ1) is 9.37. The van der Waals surface area contributed by atoms with Crippen LogP contribution in [0.5, 0.6) is 0 Å². The largest absolute Gasteiger partial charge is 0.444 e. The summed E-state index contributed by atoms with van der Waals surface area (Å²) in [6, 6.07) is 1.72. The van der Waals surface area contributed by atoms with Gasteiger partial charge in [-0.15, -0.1) is 6.58 Å². The van der Waals surface area contributed by atoms with Gasteiger partial charge in [-0.25, -0.2) is 9.17 Å². The summed E-state index contributed by atoms with van der Waals surface area (Å²) in [5, 5.41) is 12.3. The fourth-order valence-electron chi connectivity index (χ4n) is 1.39. The maximum absolute atomic E-state index is 12.1.